The highest BCUT2D eigenvalue weighted by Crippen LogP contribution is 2.43. The van der Waals surface area contributed by atoms with E-state index < -0.39 is 45.7 Å². The van der Waals surface area contributed by atoms with Crippen molar-refractivity contribution >= 4 is 50.3 Å². The second kappa shape index (κ2) is 8.61. The number of ether oxygens (including phenoxy) is 2. The van der Waals surface area contributed by atoms with Crippen LogP contribution in [0.1, 0.15) is 33.6 Å². The maximum Gasteiger partial charge on any atom is 0.410 e. The fraction of sp³-hybridized carbons (Fsp3) is 0.550. The maximum absolute atomic E-state index is 14.8. The van der Waals surface area contributed by atoms with Crippen LogP contribution >= 0.6 is 27.5 Å². The molecule has 2 bridgehead atoms. The van der Waals surface area contributed by atoms with Crippen LogP contribution in [0.5, 0.6) is 5.75 Å². The molecule has 180 valence electrons. The van der Waals surface area contributed by atoms with E-state index in [-0.39, 0.29) is 41.7 Å². The summed E-state index contributed by atoms with van der Waals surface area (Å²) in [5.74, 6) is -3.40. The number of benzene rings is 1. The molecule has 2 aromatic rings. The van der Waals surface area contributed by atoms with Crippen molar-refractivity contribution in [1.82, 2.24) is 14.9 Å². The second-order valence-electron chi connectivity index (χ2n) is 8.87. The van der Waals surface area contributed by atoms with Gasteiger partial charge in [-0.15, -0.1) is 0 Å². The Morgan fingerprint density at radius 2 is 1.76 bits per heavy atom. The van der Waals surface area contributed by atoms with Crippen molar-refractivity contribution in [2.75, 3.05) is 18.0 Å². The Labute approximate surface area is 200 Å². The minimum absolute atomic E-state index is 0.0494. The van der Waals surface area contributed by atoms with E-state index in [1.165, 1.54) is 0 Å². The van der Waals surface area contributed by atoms with E-state index in [1.807, 2.05) is 0 Å². The van der Waals surface area contributed by atoms with Gasteiger partial charge in [-0.1, -0.05) is 0 Å². The van der Waals surface area contributed by atoms with Gasteiger partial charge >= 0.3 is 12.7 Å². The number of hydrogen-bond donors (Lipinski definition) is 0. The standard InChI is InChI=1S/C20H20BrClF4N4O3/c1-20(2,3)33-19(31)30-8-4-5-9(30)7-29(6-8)16-10-14(27-17(22)28-16)12(23)11(21)13(24)15(10)32-18(25)26/h8-9,18H,4-7H2,1-3H3. The molecule has 7 nitrogen and oxygen atoms in total. The van der Waals surface area contributed by atoms with Crippen LogP contribution < -0.4 is 9.64 Å². The molecule has 0 N–H and O–H groups in total. The number of piperazine rings is 1. The van der Waals surface area contributed by atoms with Crippen LogP contribution in [0.2, 0.25) is 5.28 Å². The Kier molecular flexibility index (Phi) is 6.27. The molecule has 0 spiro atoms. The van der Waals surface area contributed by atoms with Crippen molar-refractivity contribution in [3.63, 3.8) is 0 Å². The summed E-state index contributed by atoms with van der Waals surface area (Å²) in [5, 5.41) is -0.706. The summed E-state index contributed by atoms with van der Waals surface area (Å²) in [6.07, 6.45) is 0.889. The van der Waals surface area contributed by atoms with Crippen molar-refractivity contribution in [1.29, 1.82) is 0 Å². The van der Waals surface area contributed by atoms with E-state index in [4.69, 9.17) is 16.3 Å². The first kappa shape index (κ1) is 24.1. The van der Waals surface area contributed by atoms with Crippen molar-refractivity contribution < 1.29 is 31.8 Å². The molecular weight excluding hydrogens is 536 g/mol. The average molecular weight is 556 g/mol. The predicted molar refractivity (Wildman–Crippen MR) is 116 cm³/mol. The number of carbonyl (C=O) groups excluding carboxylic acids is 1. The maximum atomic E-state index is 14.8. The molecule has 2 aliphatic rings. The monoisotopic (exact) mass is 554 g/mol. The van der Waals surface area contributed by atoms with Gasteiger partial charge in [0, 0.05) is 13.1 Å². The number of amides is 1. The zero-order chi connectivity index (χ0) is 24.2. The molecule has 0 radical (unpaired) electrons. The zero-order valence-electron chi connectivity index (χ0n) is 17.8. The number of nitrogens with zero attached hydrogens (tertiary/aromatic N) is 4. The molecular formula is C20H20BrClF4N4O3. The first-order chi connectivity index (χ1) is 15.4. The molecule has 13 heteroatoms. The molecule has 2 aliphatic heterocycles. The van der Waals surface area contributed by atoms with Crippen molar-refractivity contribution in [2.45, 2.75) is 57.9 Å². The molecule has 0 saturated carbocycles. The Morgan fingerprint density at radius 3 is 2.30 bits per heavy atom. The number of rotatable bonds is 3. The minimum atomic E-state index is -3.37. The van der Waals surface area contributed by atoms with Gasteiger partial charge in [0.2, 0.25) is 5.28 Å². The number of alkyl halides is 2. The lowest BCUT2D eigenvalue weighted by molar-refractivity contribution is -0.0512. The number of carbonyl (C=O) groups is 1. The molecule has 2 saturated heterocycles. The first-order valence-electron chi connectivity index (χ1n) is 10.1. The van der Waals surface area contributed by atoms with Crippen LogP contribution in [-0.2, 0) is 4.74 Å². The summed E-state index contributed by atoms with van der Waals surface area (Å²) in [4.78, 5) is 23.9. The van der Waals surface area contributed by atoms with E-state index in [0.29, 0.717) is 12.8 Å². The number of anilines is 1. The third kappa shape index (κ3) is 4.51. The molecule has 33 heavy (non-hydrogen) atoms. The zero-order valence-corrected chi connectivity index (χ0v) is 20.2. The highest BCUT2D eigenvalue weighted by Gasteiger charge is 2.45. The van der Waals surface area contributed by atoms with Crippen molar-refractivity contribution in [2.24, 2.45) is 0 Å². The van der Waals surface area contributed by atoms with Crippen LogP contribution in [0.4, 0.5) is 28.2 Å². The summed E-state index contributed by atoms with van der Waals surface area (Å²) in [7, 11) is 0. The molecule has 1 aromatic carbocycles. The van der Waals surface area contributed by atoms with E-state index in [0.717, 1.165) is 0 Å². The second-order valence-corrected chi connectivity index (χ2v) is 10.00. The van der Waals surface area contributed by atoms with Crippen LogP contribution in [0.15, 0.2) is 4.47 Å². The van der Waals surface area contributed by atoms with E-state index >= 15 is 0 Å². The molecule has 4 rings (SSSR count). The number of hydrogen-bond acceptors (Lipinski definition) is 6. The summed E-state index contributed by atoms with van der Waals surface area (Å²) in [6, 6.07) is -0.543. The molecule has 0 aliphatic carbocycles. The summed E-state index contributed by atoms with van der Waals surface area (Å²) < 4.78 is 65.0. The Hall–Kier alpha value is -2.08. The van der Waals surface area contributed by atoms with Gasteiger partial charge in [-0.3, -0.25) is 4.90 Å². The van der Waals surface area contributed by atoms with Crippen molar-refractivity contribution in [3.05, 3.63) is 21.4 Å². The molecule has 3 heterocycles. The van der Waals surface area contributed by atoms with Gasteiger partial charge in [-0.05, 0) is 61.1 Å². The first-order valence-corrected chi connectivity index (χ1v) is 11.3. The number of fused-ring (bicyclic) bond motifs is 3. The number of aromatic nitrogens is 2. The fourth-order valence-corrected chi connectivity index (χ4v) is 4.85. The Morgan fingerprint density at radius 1 is 1.15 bits per heavy atom. The van der Waals surface area contributed by atoms with Gasteiger partial charge in [-0.25, -0.2) is 18.6 Å². The topological polar surface area (TPSA) is 67.8 Å². The molecule has 2 atom stereocenters. The molecule has 2 unspecified atom stereocenters. The quantitative estimate of drug-likeness (QED) is 0.283. The summed E-state index contributed by atoms with van der Waals surface area (Å²) in [5.41, 5.74) is -1.13. The van der Waals surface area contributed by atoms with Crippen LogP contribution in [-0.4, -0.2) is 58.3 Å². The summed E-state index contributed by atoms with van der Waals surface area (Å²) in [6.45, 7) is 2.39. The average Bonchev–Trinajstić information content (AvgIpc) is 2.97. The molecule has 1 amide bonds. The van der Waals surface area contributed by atoms with E-state index in [9.17, 15) is 22.4 Å². The van der Waals surface area contributed by atoms with Crippen LogP contribution in [0.3, 0.4) is 0 Å². The Bertz CT molecular complexity index is 1100. The largest absolute Gasteiger partial charge is 0.444 e. The summed E-state index contributed by atoms with van der Waals surface area (Å²) >= 11 is 8.72. The van der Waals surface area contributed by atoms with Gasteiger partial charge in [0.05, 0.1) is 21.9 Å². The van der Waals surface area contributed by atoms with Gasteiger partial charge in [0.15, 0.2) is 17.4 Å². The smallest absolute Gasteiger partial charge is 0.410 e. The normalized spacial score (nSPS) is 20.7. The minimum Gasteiger partial charge on any atom is -0.444 e. The third-order valence-corrected chi connectivity index (χ3v) is 6.34. The van der Waals surface area contributed by atoms with Crippen LogP contribution in [0.25, 0.3) is 10.9 Å². The van der Waals surface area contributed by atoms with Gasteiger partial charge in [0.1, 0.15) is 16.9 Å². The SMILES string of the molecule is CC(C)(C)OC(=O)N1C2CCC1CN(c1nc(Cl)nc3c(F)c(Br)c(F)c(OC(F)F)c13)C2. The highest BCUT2D eigenvalue weighted by molar-refractivity contribution is 9.10. The fourth-order valence-electron chi connectivity index (χ4n) is 4.32. The van der Waals surface area contributed by atoms with Gasteiger partial charge in [0.25, 0.3) is 0 Å². The lowest BCUT2D eigenvalue weighted by Gasteiger charge is -2.42. The lowest BCUT2D eigenvalue weighted by Crippen LogP contribution is -2.57. The molecule has 2 fully saturated rings. The van der Waals surface area contributed by atoms with E-state index in [2.05, 4.69) is 30.6 Å². The third-order valence-electron chi connectivity index (χ3n) is 5.48. The van der Waals surface area contributed by atoms with Crippen molar-refractivity contribution in [3.8, 4) is 5.75 Å². The highest BCUT2D eigenvalue weighted by atomic mass is 79.9. The van der Waals surface area contributed by atoms with Gasteiger partial charge in [-0.2, -0.15) is 13.8 Å². The predicted octanol–water partition coefficient (Wildman–Crippen LogP) is 5.51. The van der Waals surface area contributed by atoms with E-state index in [1.54, 1.807) is 30.6 Å². The number of halogens is 6. The molecule has 1 aromatic heterocycles. The Balaban J connectivity index is 1.78. The lowest BCUT2D eigenvalue weighted by atomic mass is 10.1. The van der Waals surface area contributed by atoms with Crippen LogP contribution in [0, 0.1) is 11.6 Å². The van der Waals surface area contributed by atoms with Gasteiger partial charge < -0.3 is 14.4 Å².